The van der Waals surface area contributed by atoms with Crippen LogP contribution >= 0.6 is 16.8 Å². The Labute approximate surface area is 183 Å². The van der Waals surface area contributed by atoms with E-state index in [-0.39, 0.29) is 11.5 Å². The summed E-state index contributed by atoms with van der Waals surface area (Å²) in [5.41, 5.74) is 8.89. The molecule has 0 radical (unpaired) electrons. The molecule has 11 nitrogen and oxygen atoms in total. The van der Waals surface area contributed by atoms with E-state index in [2.05, 4.69) is 15.0 Å². The Morgan fingerprint density at radius 3 is 1.84 bits per heavy atom. The Hall–Kier alpha value is -3.01. The van der Waals surface area contributed by atoms with Crippen molar-refractivity contribution in [3.63, 3.8) is 0 Å². The van der Waals surface area contributed by atoms with Crippen molar-refractivity contribution in [2.75, 3.05) is 5.73 Å². The summed E-state index contributed by atoms with van der Waals surface area (Å²) in [7, 11) is -7.25. The minimum atomic E-state index is -4.71. The molecule has 4 aromatic rings. The van der Waals surface area contributed by atoms with Gasteiger partial charge >= 0.3 is 173 Å². The standard InChI is InChI=1S/C19H18N4O7P2/c20-16-10-9-15-19(22-16)23-18(12-1-5-13(6-2-12)29-31(24)25)17(21-15)11-3-7-14(8-4-11)30-32(26,27)28/h1-10,24-28,32H,(H2,20,22,23). The number of nitrogen functional groups attached to an aromatic ring is 1. The molecule has 0 amide bonds. The molecule has 0 aliphatic heterocycles. The molecular formula is C19H18N4O7P2. The van der Waals surface area contributed by atoms with Crippen LogP contribution < -0.4 is 14.8 Å². The second-order valence-corrected chi connectivity index (χ2v) is 8.61. The summed E-state index contributed by atoms with van der Waals surface area (Å²) in [5, 5.41) is 0. The maximum absolute atomic E-state index is 9.12. The molecule has 0 spiro atoms. The van der Waals surface area contributed by atoms with Gasteiger partial charge in [0.15, 0.2) is 0 Å². The number of nitrogens with two attached hydrogens (primary N) is 1. The van der Waals surface area contributed by atoms with E-state index >= 15 is 0 Å². The van der Waals surface area contributed by atoms with Crippen LogP contribution in [0.1, 0.15) is 0 Å². The number of pyridine rings is 1. The summed E-state index contributed by atoms with van der Waals surface area (Å²) < 4.78 is 9.63. The molecule has 0 aliphatic rings. The predicted octanol–water partition coefficient (Wildman–Crippen LogP) is 2.30. The molecule has 0 atom stereocenters. The van der Waals surface area contributed by atoms with Crippen LogP contribution in [0.15, 0.2) is 60.7 Å². The second-order valence-electron chi connectivity index (χ2n) is 6.57. The number of anilines is 1. The van der Waals surface area contributed by atoms with Gasteiger partial charge in [-0.15, -0.1) is 0 Å². The monoisotopic (exact) mass is 476 g/mol. The number of hydrogen-bond donors (Lipinski definition) is 6. The van der Waals surface area contributed by atoms with Gasteiger partial charge in [0.1, 0.15) is 0 Å². The van der Waals surface area contributed by atoms with Gasteiger partial charge in [-0.3, -0.25) is 0 Å². The van der Waals surface area contributed by atoms with E-state index in [4.69, 9.17) is 39.2 Å². The molecule has 0 bridgehead atoms. The average Bonchev–Trinajstić information content (AvgIpc) is 2.72. The molecule has 0 unspecified atom stereocenters. The first kappa shape index (κ1) is 22.2. The van der Waals surface area contributed by atoms with Gasteiger partial charge in [-0.2, -0.15) is 0 Å². The van der Waals surface area contributed by atoms with Gasteiger partial charge in [0.2, 0.25) is 0 Å². The SMILES string of the molecule is Nc1ccc2nc(-c3ccc(O[PH](O)(O)O)cc3)c(-c3ccc(OP(O)O)cc3)nc2n1. The Morgan fingerprint density at radius 2 is 1.28 bits per heavy atom. The summed E-state index contributed by atoms with van der Waals surface area (Å²) in [4.78, 5) is 58.9. The molecule has 13 heteroatoms. The van der Waals surface area contributed by atoms with Crippen LogP contribution in [0.2, 0.25) is 0 Å². The zero-order valence-electron chi connectivity index (χ0n) is 16.2. The van der Waals surface area contributed by atoms with Crippen LogP contribution in [0.3, 0.4) is 0 Å². The molecule has 7 N–H and O–H groups in total. The normalized spacial score (nSPS) is 12.2. The van der Waals surface area contributed by atoms with Crippen molar-refractivity contribution in [1.29, 1.82) is 0 Å². The summed E-state index contributed by atoms with van der Waals surface area (Å²) in [5.74, 6) is 0.636. The van der Waals surface area contributed by atoms with Crippen molar-refractivity contribution in [2.45, 2.75) is 0 Å². The van der Waals surface area contributed by atoms with Crippen molar-refractivity contribution in [1.82, 2.24) is 15.0 Å². The number of fused-ring (bicyclic) bond motifs is 1. The van der Waals surface area contributed by atoms with Crippen LogP contribution in [0.4, 0.5) is 5.82 Å². The third-order valence-corrected chi connectivity index (χ3v) is 5.13. The number of benzene rings is 2. The zero-order chi connectivity index (χ0) is 22.9. The number of aromatic nitrogens is 3. The third-order valence-electron chi connectivity index (χ3n) is 4.25. The predicted molar refractivity (Wildman–Crippen MR) is 120 cm³/mol. The molecule has 0 aliphatic carbocycles. The molecule has 32 heavy (non-hydrogen) atoms. The van der Waals surface area contributed by atoms with Crippen LogP contribution in [-0.4, -0.2) is 39.4 Å². The molecule has 166 valence electrons. The van der Waals surface area contributed by atoms with E-state index in [0.717, 1.165) is 0 Å². The third kappa shape index (κ3) is 5.24. The molecule has 0 fully saturated rings. The Bertz CT molecular complexity index is 1250. The van der Waals surface area contributed by atoms with E-state index in [9.17, 15) is 0 Å². The molecule has 2 heterocycles. The van der Waals surface area contributed by atoms with Crippen molar-refractivity contribution >= 4 is 33.8 Å². The number of nitrogens with zero attached hydrogens (tertiary/aromatic N) is 3. The van der Waals surface area contributed by atoms with Gasteiger partial charge in [-0.1, -0.05) is 0 Å². The van der Waals surface area contributed by atoms with Gasteiger partial charge in [0.25, 0.3) is 0 Å². The number of hydrogen-bond acceptors (Lipinski definition) is 11. The van der Waals surface area contributed by atoms with Crippen LogP contribution in [0.5, 0.6) is 11.5 Å². The quantitative estimate of drug-likeness (QED) is 0.224. The van der Waals surface area contributed by atoms with Crippen LogP contribution in [0, 0.1) is 0 Å². The molecule has 2 aromatic carbocycles. The Morgan fingerprint density at radius 1 is 0.719 bits per heavy atom. The topological polar surface area (TPSA) is 184 Å². The Balaban J connectivity index is 1.81. The van der Waals surface area contributed by atoms with Crippen molar-refractivity contribution < 1.29 is 33.5 Å². The van der Waals surface area contributed by atoms with Gasteiger partial charge < -0.3 is 9.79 Å². The van der Waals surface area contributed by atoms with Gasteiger partial charge in [0.05, 0.1) is 0 Å². The first-order valence-electron chi connectivity index (χ1n) is 9.05. The first-order valence-corrected chi connectivity index (χ1v) is 12.0. The van der Waals surface area contributed by atoms with E-state index in [1.54, 1.807) is 48.5 Å². The summed E-state index contributed by atoms with van der Waals surface area (Å²) in [6.45, 7) is 0. The number of rotatable bonds is 6. The second kappa shape index (κ2) is 8.85. The molecule has 2 aromatic heterocycles. The van der Waals surface area contributed by atoms with Crippen LogP contribution in [0.25, 0.3) is 33.7 Å². The van der Waals surface area contributed by atoms with Crippen LogP contribution in [-0.2, 0) is 0 Å². The maximum atomic E-state index is 9.12. The van der Waals surface area contributed by atoms with Gasteiger partial charge in [-0.25, -0.2) is 0 Å². The summed E-state index contributed by atoms with van der Waals surface area (Å²) in [6, 6.07) is 16.0. The molecule has 0 saturated heterocycles. The van der Waals surface area contributed by atoms with E-state index in [0.29, 0.717) is 39.5 Å². The summed E-state index contributed by atoms with van der Waals surface area (Å²) >= 11 is 0. The van der Waals surface area contributed by atoms with Crippen molar-refractivity contribution in [3.05, 3.63) is 60.7 Å². The minimum absolute atomic E-state index is 0.0728. The zero-order valence-corrected chi connectivity index (χ0v) is 18.1. The van der Waals surface area contributed by atoms with E-state index in [1.165, 1.54) is 12.1 Å². The fourth-order valence-electron chi connectivity index (χ4n) is 2.97. The Kier molecular flexibility index (Phi) is 6.14. The molecule has 4 rings (SSSR count). The average molecular weight is 476 g/mol. The van der Waals surface area contributed by atoms with Crippen molar-refractivity contribution in [2.24, 2.45) is 0 Å². The van der Waals surface area contributed by atoms with Gasteiger partial charge in [-0.05, 0) is 0 Å². The first-order chi connectivity index (χ1) is 15.2. The van der Waals surface area contributed by atoms with Crippen molar-refractivity contribution in [3.8, 4) is 34.0 Å². The van der Waals surface area contributed by atoms with E-state index in [1.807, 2.05) is 0 Å². The fourth-order valence-corrected chi connectivity index (χ4v) is 3.73. The van der Waals surface area contributed by atoms with Gasteiger partial charge in [0, 0.05) is 0 Å². The fraction of sp³-hybridized carbons (Fsp3) is 0. The van der Waals surface area contributed by atoms with E-state index < -0.39 is 16.8 Å². The molecular weight excluding hydrogens is 458 g/mol. The molecule has 0 saturated carbocycles. The summed E-state index contributed by atoms with van der Waals surface area (Å²) in [6.07, 6.45) is 0.